The number of nitro benzene ring substituents is 1. The summed E-state index contributed by atoms with van der Waals surface area (Å²) in [7, 11) is 0. The molecule has 3 aromatic carbocycles. The van der Waals surface area contributed by atoms with E-state index in [1.807, 2.05) is 32.0 Å². The summed E-state index contributed by atoms with van der Waals surface area (Å²) >= 11 is 0. The number of non-ortho nitro benzene ring substituents is 1. The van der Waals surface area contributed by atoms with Crippen molar-refractivity contribution in [3.8, 4) is 11.8 Å². The van der Waals surface area contributed by atoms with E-state index in [1.165, 1.54) is 24.3 Å². The van der Waals surface area contributed by atoms with Gasteiger partial charge in [-0.3, -0.25) is 14.9 Å². The molecular weight excluding hydrogens is 406 g/mol. The van der Waals surface area contributed by atoms with Crippen LogP contribution in [0.1, 0.15) is 22.3 Å². The van der Waals surface area contributed by atoms with Crippen LogP contribution in [0.5, 0.6) is 5.75 Å². The molecule has 0 unspecified atom stereocenters. The van der Waals surface area contributed by atoms with Crippen LogP contribution in [-0.2, 0) is 4.79 Å². The molecule has 7 nitrogen and oxygen atoms in total. The van der Waals surface area contributed by atoms with Crippen molar-refractivity contribution in [2.45, 2.75) is 13.8 Å². The molecule has 0 aliphatic rings. The van der Waals surface area contributed by atoms with Crippen LogP contribution < -0.4 is 10.1 Å². The van der Waals surface area contributed by atoms with E-state index in [1.54, 1.807) is 30.3 Å². The summed E-state index contributed by atoms with van der Waals surface area (Å²) in [6, 6.07) is 20.7. The number of nitriles is 1. The van der Waals surface area contributed by atoms with E-state index in [-0.39, 0.29) is 18.2 Å². The molecule has 32 heavy (non-hydrogen) atoms. The quantitative estimate of drug-likeness (QED) is 0.239. The van der Waals surface area contributed by atoms with Crippen LogP contribution in [0, 0.1) is 35.3 Å². The van der Waals surface area contributed by atoms with Crippen LogP contribution in [0.4, 0.5) is 11.4 Å². The van der Waals surface area contributed by atoms with Gasteiger partial charge in [0.2, 0.25) is 0 Å². The molecule has 1 amide bonds. The standard InChI is InChI=1S/C25H21N3O4/c1-17-7-8-18(2)23(13-17)27-25(29)16-32-24-6-4-3-5-20(24)14-21(15-26)19-9-11-22(12-10-19)28(30)31/h3-14H,16H2,1-2H3,(H,27,29)/b21-14+. The molecule has 7 heteroatoms. The molecule has 0 fully saturated rings. The average Bonchev–Trinajstić information content (AvgIpc) is 2.79. The van der Waals surface area contributed by atoms with Gasteiger partial charge >= 0.3 is 0 Å². The molecule has 0 spiro atoms. The average molecular weight is 427 g/mol. The first-order valence-electron chi connectivity index (χ1n) is 9.83. The van der Waals surface area contributed by atoms with E-state index >= 15 is 0 Å². The van der Waals surface area contributed by atoms with E-state index in [4.69, 9.17) is 4.74 Å². The van der Waals surface area contributed by atoms with Gasteiger partial charge < -0.3 is 10.1 Å². The highest BCUT2D eigenvalue weighted by Gasteiger charge is 2.10. The van der Waals surface area contributed by atoms with Crippen LogP contribution in [0.15, 0.2) is 66.7 Å². The van der Waals surface area contributed by atoms with Gasteiger partial charge in [0.15, 0.2) is 6.61 Å². The number of rotatable bonds is 7. The number of hydrogen-bond donors (Lipinski definition) is 1. The number of hydrogen-bond acceptors (Lipinski definition) is 5. The maximum Gasteiger partial charge on any atom is 0.269 e. The number of nitrogens with zero attached hydrogens (tertiary/aromatic N) is 2. The Bertz CT molecular complexity index is 1220. The number of carbonyl (C=O) groups is 1. The van der Waals surface area contributed by atoms with Crippen molar-refractivity contribution in [2.75, 3.05) is 11.9 Å². The normalized spacial score (nSPS) is 10.8. The summed E-state index contributed by atoms with van der Waals surface area (Å²) in [6.07, 6.45) is 1.62. The molecule has 0 atom stereocenters. The van der Waals surface area contributed by atoms with Crippen molar-refractivity contribution in [1.82, 2.24) is 0 Å². The third kappa shape index (κ3) is 5.58. The lowest BCUT2D eigenvalue weighted by atomic mass is 10.0. The zero-order valence-electron chi connectivity index (χ0n) is 17.7. The Balaban J connectivity index is 1.76. The van der Waals surface area contributed by atoms with Gasteiger partial charge in [0.1, 0.15) is 5.75 Å². The van der Waals surface area contributed by atoms with Crippen molar-refractivity contribution in [2.24, 2.45) is 0 Å². The Hall–Kier alpha value is -4.44. The van der Waals surface area contributed by atoms with Gasteiger partial charge in [-0.15, -0.1) is 0 Å². The minimum absolute atomic E-state index is 0.0513. The molecule has 0 bridgehead atoms. The van der Waals surface area contributed by atoms with Gasteiger partial charge in [-0.05, 0) is 60.9 Å². The number of ether oxygens (including phenoxy) is 1. The van der Waals surface area contributed by atoms with Gasteiger partial charge in [0.25, 0.3) is 11.6 Å². The van der Waals surface area contributed by atoms with Crippen LogP contribution in [0.25, 0.3) is 11.6 Å². The summed E-state index contributed by atoms with van der Waals surface area (Å²) in [5.74, 6) is 0.145. The summed E-state index contributed by atoms with van der Waals surface area (Å²) < 4.78 is 5.72. The first-order chi connectivity index (χ1) is 15.4. The topological polar surface area (TPSA) is 105 Å². The maximum atomic E-state index is 12.4. The van der Waals surface area contributed by atoms with Gasteiger partial charge in [0, 0.05) is 23.4 Å². The summed E-state index contributed by atoms with van der Waals surface area (Å²) in [5, 5.41) is 23.3. The fourth-order valence-corrected chi connectivity index (χ4v) is 3.03. The number of allylic oxidation sites excluding steroid dienone is 1. The van der Waals surface area contributed by atoms with Crippen LogP contribution in [0.2, 0.25) is 0 Å². The molecule has 0 aromatic heterocycles. The Labute approximate surface area is 185 Å². The van der Waals surface area contributed by atoms with E-state index in [2.05, 4.69) is 11.4 Å². The molecule has 1 N–H and O–H groups in total. The highest BCUT2D eigenvalue weighted by atomic mass is 16.6. The fraction of sp³-hybridized carbons (Fsp3) is 0.120. The largest absolute Gasteiger partial charge is 0.483 e. The lowest BCUT2D eigenvalue weighted by molar-refractivity contribution is -0.384. The molecule has 0 saturated heterocycles. The second kappa shape index (κ2) is 10.0. The van der Waals surface area contributed by atoms with Gasteiger partial charge in [-0.2, -0.15) is 5.26 Å². The molecule has 3 aromatic rings. The lowest BCUT2D eigenvalue weighted by Gasteiger charge is -2.12. The summed E-state index contributed by atoms with van der Waals surface area (Å²) in [4.78, 5) is 22.7. The predicted octanol–water partition coefficient (Wildman–Crippen LogP) is 5.29. The predicted molar refractivity (Wildman–Crippen MR) is 123 cm³/mol. The van der Waals surface area contributed by atoms with E-state index in [0.717, 1.165) is 16.8 Å². The SMILES string of the molecule is Cc1ccc(C)c(NC(=O)COc2ccccc2/C=C(\C#N)c2ccc([N+](=O)[O-])cc2)c1. The molecule has 160 valence electrons. The van der Waals surface area contributed by atoms with Crippen molar-refractivity contribution >= 4 is 28.9 Å². The molecule has 3 rings (SSSR count). The van der Waals surface area contributed by atoms with E-state index in [0.29, 0.717) is 22.4 Å². The van der Waals surface area contributed by atoms with Gasteiger partial charge in [0.05, 0.1) is 16.6 Å². The zero-order valence-corrected chi connectivity index (χ0v) is 17.7. The second-order valence-electron chi connectivity index (χ2n) is 7.17. The third-order valence-corrected chi connectivity index (χ3v) is 4.75. The van der Waals surface area contributed by atoms with E-state index < -0.39 is 4.92 Å². The lowest BCUT2D eigenvalue weighted by Crippen LogP contribution is -2.21. The Morgan fingerprint density at radius 1 is 1.12 bits per heavy atom. The molecule has 0 radical (unpaired) electrons. The minimum atomic E-state index is -0.494. The maximum absolute atomic E-state index is 12.4. The Morgan fingerprint density at radius 2 is 1.84 bits per heavy atom. The number of nitro groups is 1. The second-order valence-corrected chi connectivity index (χ2v) is 7.17. The molecular formula is C25H21N3O4. The monoisotopic (exact) mass is 427 g/mol. The number of aryl methyl sites for hydroxylation is 2. The van der Waals surface area contributed by atoms with Crippen molar-refractivity contribution < 1.29 is 14.5 Å². The highest BCUT2D eigenvalue weighted by Crippen LogP contribution is 2.26. The van der Waals surface area contributed by atoms with Crippen molar-refractivity contribution in [1.29, 1.82) is 5.26 Å². The number of benzene rings is 3. The smallest absolute Gasteiger partial charge is 0.269 e. The number of nitrogens with one attached hydrogen (secondary N) is 1. The number of amides is 1. The molecule has 0 aliphatic carbocycles. The fourth-order valence-electron chi connectivity index (χ4n) is 3.03. The summed E-state index contributed by atoms with van der Waals surface area (Å²) in [6.45, 7) is 3.67. The number of anilines is 1. The van der Waals surface area contributed by atoms with Gasteiger partial charge in [-0.1, -0.05) is 30.3 Å². The van der Waals surface area contributed by atoms with Crippen LogP contribution in [0.3, 0.4) is 0 Å². The first-order valence-corrected chi connectivity index (χ1v) is 9.83. The number of para-hydroxylation sites is 1. The number of carbonyl (C=O) groups excluding carboxylic acids is 1. The minimum Gasteiger partial charge on any atom is -0.483 e. The zero-order chi connectivity index (χ0) is 23.1. The molecule has 0 aliphatic heterocycles. The highest BCUT2D eigenvalue weighted by molar-refractivity contribution is 5.93. The summed E-state index contributed by atoms with van der Waals surface area (Å²) in [5.41, 5.74) is 4.14. The van der Waals surface area contributed by atoms with Crippen molar-refractivity contribution in [3.05, 3.63) is 99.1 Å². The van der Waals surface area contributed by atoms with Crippen LogP contribution in [-0.4, -0.2) is 17.4 Å². The van der Waals surface area contributed by atoms with Crippen LogP contribution >= 0.6 is 0 Å². The van der Waals surface area contributed by atoms with Crippen molar-refractivity contribution in [3.63, 3.8) is 0 Å². The molecule has 0 saturated carbocycles. The van der Waals surface area contributed by atoms with E-state index in [9.17, 15) is 20.2 Å². The molecule has 0 heterocycles. The third-order valence-electron chi connectivity index (χ3n) is 4.75. The Kier molecular flexibility index (Phi) is 6.99. The Morgan fingerprint density at radius 3 is 2.53 bits per heavy atom. The first kappa shape index (κ1) is 22.2. The van der Waals surface area contributed by atoms with Gasteiger partial charge in [-0.25, -0.2) is 0 Å².